The zero-order chi connectivity index (χ0) is 15.7. The lowest BCUT2D eigenvalue weighted by Gasteiger charge is -2.45. The minimum absolute atomic E-state index is 0.00502. The number of hydrogen-bond donors (Lipinski definition) is 2. The first-order valence-electron chi connectivity index (χ1n) is 7.74. The molecule has 21 heavy (non-hydrogen) atoms. The van der Waals surface area contributed by atoms with E-state index in [1.54, 1.807) is 18.3 Å². The molecule has 2 N–H and O–H groups in total. The fourth-order valence-electron chi connectivity index (χ4n) is 4.01. The van der Waals surface area contributed by atoms with E-state index in [0.29, 0.717) is 16.9 Å². The molecule has 0 saturated heterocycles. The van der Waals surface area contributed by atoms with Gasteiger partial charge in [0.2, 0.25) is 5.91 Å². The summed E-state index contributed by atoms with van der Waals surface area (Å²) in [6.45, 7) is 11.9. The van der Waals surface area contributed by atoms with Crippen LogP contribution in [0.2, 0.25) is 0 Å². The van der Waals surface area contributed by atoms with Gasteiger partial charge in [-0.05, 0) is 41.5 Å². The van der Waals surface area contributed by atoms with Crippen LogP contribution in [0.15, 0.2) is 11.4 Å². The van der Waals surface area contributed by atoms with Crippen LogP contribution >= 0.6 is 11.3 Å². The topological polar surface area (TPSA) is 41.1 Å². The summed E-state index contributed by atoms with van der Waals surface area (Å²) in [4.78, 5) is 12.4. The highest BCUT2D eigenvalue weighted by Crippen LogP contribution is 2.45. The van der Waals surface area contributed by atoms with Crippen LogP contribution in [0.1, 0.15) is 58.8 Å². The highest BCUT2D eigenvalue weighted by molar-refractivity contribution is 7.10. The highest BCUT2D eigenvalue weighted by atomic mass is 32.1. The Bertz CT molecular complexity index is 489. The van der Waals surface area contributed by atoms with Crippen LogP contribution in [0.4, 0.5) is 5.69 Å². The monoisotopic (exact) mass is 308 g/mol. The van der Waals surface area contributed by atoms with Gasteiger partial charge >= 0.3 is 0 Å². The van der Waals surface area contributed by atoms with E-state index in [2.05, 4.69) is 38.3 Å². The van der Waals surface area contributed by atoms with E-state index in [0.717, 1.165) is 12.2 Å². The van der Waals surface area contributed by atoms with Gasteiger partial charge in [-0.1, -0.05) is 27.7 Å². The van der Waals surface area contributed by atoms with Crippen LogP contribution in [-0.2, 0) is 11.3 Å². The van der Waals surface area contributed by atoms with Crippen molar-refractivity contribution in [3.8, 4) is 0 Å². The van der Waals surface area contributed by atoms with Gasteiger partial charge in [0, 0.05) is 24.4 Å². The van der Waals surface area contributed by atoms with E-state index in [1.165, 1.54) is 24.1 Å². The van der Waals surface area contributed by atoms with E-state index in [-0.39, 0.29) is 5.91 Å². The van der Waals surface area contributed by atoms with Gasteiger partial charge in [-0.25, -0.2) is 0 Å². The molecule has 1 amide bonds. The molecule has 2 rings (SSSR count). The number of hydrogen-bond acceptors (Lipinski definition) is 3. The van der Waals surface area contributed by atoms with Crippen molar-refractivity contribution in [1.29, 1.82) is 0 Å². The molecule has 1 aliphatic rings. The normalized spacial score (nSPS) is 21.2. The van der Waals surface area contributed by atoms with Crippen molar-refractivity contribution in [3.63, 3.8) is 0 Å². The second kappa shape index (κ2) is 6.09. The van der Waals surface area contributed by atoms with Gasteiger partial charge in [-0.15, -0.1) is 11.3 Å². The van der Waals surface area contributed by atoms with Crippen molar-refractivity contribution in [2.45, 2.75) is 66.5 Å². The predicted octanol–water partition coefficient (Wildman–Crippen LogP) is 4.40. The van der Waals surface area contributed by atoms with Crippen molar-refractivity contribution in [3.05, 3.63) is 16.3 Å². The fourth-order valence-corrected chi connectivity index (χ4v) is 4.79. The number of carbonyl (C=O) groups excluding carboxylic acids is 1. The summed E-state index contributed by atoms with van der Waals surface area (Å²) in [6, 6.07) is 2.54. The molecule has 0 unspecified atom stereocenters. The second-order valence-corrected chi connectivity index (χ2v) is 8.93. The van der Waals surface area contributed by atoms with E-state index in [1.807, 2.05) is 11.4 Å². The molecule has 1 aromatic rings. The molecule has 118 valence electrons. The average molecular weight is 308 g/mol. The highest BCUT2D eigenvalue weighted by Gasteiger charge is 2.38. The Hall–Kier alpha value is -0.870. The Balaban J connectivity index is 1.97. The molecule has 3 nitrogen and oxygen atoms in total. The van der Waals surface area contributed by atoms with Crippen LogP contribution in [0.5, 0.6) is 0 Å². The number of anilines is 1. The molecule has 0 radical (unpaired) electrons. The Morgan fingerprint density at radius 1 is 1.29 bits per heavy atom. The van der Waals surface area contributed by atoms with Crippen LogP contribution < -0.4 is 10.6 Å². The third-order valence-corrected chi connectivity index (χ3v) is 5.08. The van der Waals surface area contributed by atoms with Crippen LogP contribution in [0.25, 0.3) is 0 Å². The molecule has 0 atom stereocenters. The van der Waals surface area contributed by atoms with Crippen LogP contribution in [0, 0.1) is 10.8 Å². The van der Waals surface area contributed by atoms with Gasteiger partial charge in [-0.3, -0.25) is 4.79 Å². The molecule has 1 aliphatic carbocycles. The van der Waals surface area contributed by atoms with Gasteiger partial charge < -0.3 is 10.6 Å². The number of nitrogens with one attached hydrogen (secondary N) is 2. The summed E-state index contributed by atoms with van der Waals surface area (Å²) in [5.41, 5.74) is 1.75. The van der Waals surface area contributed by atoms with Gasteiger partial charge in [0.05, 0.1) is 5.69 Å². The van der Waals surface area contributed by atoms with Crippen molar-refractivity contribution in [2.75, 3.05) is 5.32 Å². The molecular weight excluding hydrogens is 280 g/mol. The lowest BCUT2D eigenvalue weighted by atomic mass is 9.63. The smallest absolute Gasteiger partial charge is 0.221 e. The minimum atomic E-state index is -0.00502. The Labute approximate surface area is 132 Å². The van der Waals surface area contributed by atoms with Gasteiger partial charge in [-0.2, -0.15) is 0 Å². The Morgan fingerprint density at radius 3 is 2.48 bits per heavy atom. The molecule has 0 aromatic carbocycles. The quantitative estimate of drug-likeness (QED) is 0.865. The van der Waals surface area contributed by atoms with Crippen molar-refractivity contribution in [1.82, 2.24) is 5.32 Å². The molecule has 1 fully saturated rings. The molecular formula is C17H28N2OS. The Morgan fingerprint density at radius 2 is 1.90 bits per heavy atom. The Kier molecular flexibility index (Phi) is 4.79. The third kappa shape index (κ3) is 4.82. The van der Waals surface area contributed by atoms with E-state index in [4.69, 9.17) is 0 Å². The summed E-state index contributed by atoms with van der Waals surface area (Å²) < 4.78 is 0. The zero-order valence-corrected chi connectivity index (χ0v) is 14.7. The van der Waals surface area contributed by atoms with Gasteiger partial charge in [0.1, 0.15) is 0 Å². The molecule has 0 bridgehead atoms. The average Bonchev–Trinajstić information content (AvgIpc) is 2.68. The lowest BCUT2D eigenvalue weighted by Crippen LogP contribution is -2.43. The standard InChI is InChI=1S/C17H28N2OS/c1-12(20)19-14-6-7-21-15(14)10-18-13-8-16(2,3)11-17(4,5)9-13/h6-7,13,18H,8-11H2,1-5H3,(H,19,20). The molecule has 1 aromatic heterocycles. The molecule has 1 heterocycles. The molecule has 0 spiro atoms. The van der Waals surface area contributed by atoms with Gasteiger partial charge in [0.15, 0.2) is 0 Å². The largest absolute Gasteiger partial charge is 0.325 e. The maximum Gasteiger partial charge on any atom is 0.221 e. The lowest BCUT2D eigenvalue weighted by molar-refractivity contribution is -0.114. The first kappa shape index (κ1) is 16.5. The summed E-state index contributed by atoms with van der Waals surface area (Å²) in [5, 5.41) is 8.65. The van der Waals surface area contributed by atoms with Crippen molar-refractivity contribution >= 4 is 22.9 Å². The number of rotatable bonds is 4. The first-order valence-corrected chi connectivity index (χ1v) is 8.62. The van der Waals surface area contributed by atoms with Gasteiger partial charge in [0.25, 0.3) is 0 Å². The number of carbonyl (C=O) groups is 1. The number of thiophene rings is 1. The van der Waals surface area contributed by atoms with E-state index < -0.39 is 0 Å². The van der Waals surface area contributed by atoms with Crippen LogP contribution in [-0.4, -0.2) is 11.9 Å². The van der Waals surface area contributed by atoms with Crippen LogP contribution in [0.3, 0.4) is 0 Å². The summed E-state index contributed by atoms with van der Waals surface area (Å²) in [7, 11) is 0. The SMILES string of the molecule is CC(=O)Nc1ccsc1CNC1CC(C)(C)CC(C)(C)C1. The minimum Gasteiger partial charge on any atom is -0.325 e. The summed E-state index contributed by atoms with van der Waals surface area (Å²) in [5.74, 6) is -0.00502. The summed E-state index contributed by atoms with van der Waals surface area (Å²) >= 11 is 1.70. The zero-order valence-electron chi connectivity index (χ0n) is 13.9. The molecule has 0 aliphatic heterocycles. The van der Waals surface area contributed by atoms with Crippen molar-refractivity contribution < 1.29 is 4.79 Å². The maximum atomic E-state index is 11.2. The fraction of sp³-hybridized carbons (Fsp3) is 0.706. The first-order chi connectivity index (χ1) is 9.67. The molecule has 4 heteroatoms. The van der Waals surface area contributed by atoms with E-state index >= 15 is 0 Å². The third-order valence-electron chi connectivity index (χ3n) is 4.16. The van der Waals surface area contributed by atoms with E-state index in [9.17, 15) is 4.79 Å². The van der Waals surface area contributed by atoms with Crippen molar-refractivity contribution in [2.24, 2.45) is 10.8 Å². The number of amides is 1. The molecule has 1 saturated carbocycles. The summed E-state index contributed by atoms with van der Waals surface area (Å²) in [6.07, 6.45) is 3.73. The second-order valence-electron chi connectivity index (χ2n) is 7.93. The maximum absolute atomic E-state index is 11.2. The predicted molar refractivity (Wildman–Crippen MR) is 90.7 cm³/mol.